The van der Waals surface area contributed by atoms with Crippen LogP contribution in [0.2, 0.25) is 0 Å². The van der Waals surface area contributed by atoms with Crippen LogP contribution < -0.4 is 0 Å². The Morgan fingerprint density at radius 1 is 1.22 bits per heavy atom. The number of carbonyl (C=O) groups is 1. The van der Waals surface area contributed by atoms with E-state index >= 15 is 0 Å². The fourth-order valence-corrected chi connectivity index (χ4v) is 2.74. The van der Waals surface area contributed by atoms with Gasteiger partial charge in [0.2, 0.25) is 0 Å². The lowest BCUT2D eigenvalue weighted by molar-refractivity contribution is 0.0866. The molecule has 1 aliphatic carbocycles. The minimum atomic E-state index is -0.612. The van der Waals surface area contributed by atoms with Crippen LogP contribution in [0.1, 0.15) is 49.4 Å². The van der Waals surface area contributed by atoms with Gasteiger partial charge in [0, 0.05) is 5.92 Å². The molecule has 2 rings (SSSR count). The molecule has 0 unspecified atom stereocenters. The van der Waals surface area contributed by atoms with Crippen LogP contribution >= 0.6 is 0 Å². The zero-order valence-electron chi connectivity index (χ0n) is 10.6. The van der Waals surface area contributed by atoms with Crippen molar-refractivity contribution >= 4 is 5.78 Å². The smallest absolute Gasteiger partial charge is 0.168 e. The molecule has 1 nitrogen and oxygen atoms in total. The van der Waals surface area contributed by atoms with Crippen molar-refractivity contribution in [2.24, 2.45) is 11.8 Å². The zero-order chi connectivity index (χ0) is 13.1. The lowest BCUT2D eigenvalue weighted by Gasteiger charge is -2.26. The number of ketones is 1. The van der Waals surface area contributed by atoms with Gasteiger partial charge in [0.05, 0.1) is 5.56 Å². The van der Waals surface area contributed by atoms with Crippen LogP contribution in [-0.4, -0.2) is 5.78 Å². The fourth-order valence-electron chi connectivity index (χ4n) is 2.74. The first kappa shape index (κ1) is 13.2. The van der Waals surface area contributed by atoms with E-state index in [1.54, 1.807) is 0 Å². The Bertz CT molecular complexity index is 434. The molecule has 0 aromatic heterocycles. The van der Waals surface area contributed by atoms with Crippen LogP contribution in [0.4, 0.5) is 8.78 Å². The van der Waals surface area contributed by atoms with E-state index in [4.69, 9.17) is 0 Å². The number of rotatable bonds is 3. The fraction of sp³-hybridized carbons (Fsp3) is 0.533. The monoisotopic (exact) mass is 252 g/mol. The Balaban J connectivity index is 2.10. The van der Waals surface area contributed by atoms with E-state index in [1.165, 1.54) is 0 Å². The second-order valence-corrected chi connectivity index (χ2v) is 5.11. The van der Waals surface area contributed by atoms with Crippen molar-refractivity contribution in [3.8, 4) is 0 Å². The highest BCUT2D eigenvalue weighted by Crippen LogP contribution is 2.33. The van der Waals surface area contributed by atoms with E-state index in [0.29, 0.717) is 5.92 Å². The van der Waals surface area contributed by atoms with Crippen LogP contribution in [0, 0.1) is 23.5 Å². The van der Waals surface area contributed by atoms with E-state index in [-0.39, 0.29) is 17.3 Å². The van der Waals surface area contributed by atoms with Gasteiger partial charge in [-0.15, -0.1) is 0 Å². The highest BCUT2D eigenvalue weighted by atomic mass is 19.1. The molecule has 0 heterocycles. The van der Waals surface area contributed by atoms with Crippen molar-refractivity contribution in [2.45, 2.75) is 39.0 Å². The van der Waals surface area contributed by atoms with Crippen LogP contribution in [0.3, 0.4) is 0 Å². The minimum absolute atomic E-state index is 0.0880. The van der Waals surface area contributed by atoms with Crippen molar-refractivity contribution < 1.29 is 13.6 Å². The largest absolute Gasteiger partial charge is 0.294 e. The average molecular weight is 252 g/mol. The van der Waals surface area contributed by atoms with Crippen LogP contribution in [0.25, 0.3) is 0 Å². The molecule has 0 bridgehead atoms. The number of halogens is 2. The summed E-state index contributed by atoms with van der Waals surface area (Å²) in [4.78, 5) is 12.2. The van der Waals surface area contributed by atoms with Crippen molar-refractivity contribution in [1.82, 2.24) is 0 Å². The van der Waals surface area contributed by atoms with Gasteiger partial charge in [-0.25, -0.2) is 8.78 Å². The topological polar surface area (TPSA) is 17.1 Å². The van der Waals surface area contributed by atoms with Crippen molar-refractivity contribution in [1.29, 1.82) is 0 Å². The SMILES string of the molecule is CCC1CCC(C(=O)c2cc(F)ccc2F)CC1. The summed E-state index contributed by atoms with van der Waals surface area (Å²) < 4.78 is 26.6. The first-order valence-electron chi connectivity index (χ1n) is 6.61. The number of hydrogen-bond acceptors (Lipinski definition) is 1. The highest BCUT2D eigenvalue weighted by Gasteiger charge is 2.27. The molecule has 0 aliphatic heterocycles. The summed E-state index contributed by atoms with van der Waals surface area (Å²) in [6.07, 6.45) is 4.77. The summed E-state index contributed by atoms with van der Waals surface area (Å²) >= 11 is 0. The maximum atomic E-state index is 13.5. The molecule has 0 N–H and O–H groups in total. The highest BCUT2D eigenvalue weighted by molar-refractivity contribution is 5.98. The lowest BCUT2D eigenvalue weighted by Crippen LogP contribution is -2.22. The summed E-state index contributed by atoms with van der Waals surface area (Å²) in [6, 6.07) is 3.09. The average Bonchev–Trinajstić information content (AvgIpc) is 2.41. The Morgan fingerprint density at radius 3 is 2.50 bits per heavy atom. The molecule has 1 aliphatic rings. The van der Waals surface area contributed by atoms with Gasteiger partial charge < -0.3 is 0 Å². The molecule has 1 aromatic carbocycles. The van der Waals surface area contributed by atoms with Gasteiger partial charge in [-0.3, -0.25) is 4.79 Å². The number of Topliss-reactive ketones (excluding diaryl/α,β-unsaturated/α-hetero) is 1. The summed E-state index contributed by atoms with van der Waals surface area (Å²) in [5.74, 6) is -0.849. The van der Waals surface area contributed by atoms with Gasteiger partial charge in [-0.05, 0) is 49.8 Å². The third-order valence-corrected chi connectivity index (χ3v) is 3.99. The van der Waals surface area contributed by atoms with Crippen LogP contribution in [0.15, 0.2) is 18.2 Å². The summed E-state index contributed by atoms with van der Waals surface area (Å²) in [5, 5.41) is 0. The van der Waals surface area contributed by atoms with Gasteiger partial charge in [0.15, 0.2) is 5.78 Å². The quantitative estimate of drug-likeness (QED) is 0.730. The van der Waals surface area contributed by atoms with E-state index in [2.05, 4.69) is 6.92 Å². The molecule has 1 aromatic rings. The third-order valence-electron chi connectivity index (χ3n) is 3.99. The molecule has 1 fully saturated rings. The molecular weight excluding hydrogens is 234 g/mol. The van der Waals surface area contributed by atoms with Crippen molar-refractivity contribution in [3.05, 3.63) is 35.4 Å². The second-order valence-electron chi connectivity index (χ2n) is 5.11. The predicted octanol–water partition coefficient (Wildman–Crippen LogP) is 4.36. The molecule has 0 saturated heterocycles. The molecule has 0 atom stereocenters. The lowest BCUT2D eigenvalue weighted by atomic mass is 9.78. The van der Waals surface area contributed by atoms with Crippen LogP contribution in [0.5, 0.6) is 0 Å². The van der Waals surface area contributed by atoms with E-state index in [1.807, 2.05) is 0 Å². The van der Waals surface area contributed by atoms with Crippen LogP contribution in [-0.2, 0) is 0 Å². The van der Waals surface area contributed by atoms with Gasteiger partial charge in [0.1, 0.15) is 11.6 Å². The maximum absolute atomic E-state index is 13.5. The molecule has 0 spiro atoms. The molecule has 0 radical (unpaired) electrons. The molecular formula is C15H18F2O. The minimum Gasteiger partial charge on any atom is -0.294 e. The van der Waals surface area contributed by atoms with Crippen molar-refractivity contribution in [3.63, 3.8) is 0 Å². The Kier molecular flexibility index (Phi) is 4.10. The first-order valence-corrected chi connectivity index (χ1v) is 6.61. The van der Waals surface area contributed by atoms with Gasteiger partial charge in [0.25, 0.3) is 0 Å². The summed E-state index contributed by atoms with van der Waals surface area (Å²) in [5.41, 5.74) is -0.0880. The number of hydrogen-bond donors (Lipinski definition) is 0. The number of carbonyl (C=O) groups excluding carboxylic acids is 1. The maximum Gasteiger partial charge on any atom is 0.168 e. The number of benzene rings is 1. The molecule has 18 heavy (non-hydrogen) atoms. The Morgan fingerprint density at radius 2 is 1.89 bits per heavy atom. The Labute approximate surface area is 106 Å². The Hall–Kier alpha value is -1.25. The van der Waals surface area contributed by atoms with E-state index < -0.39 is 11.6 Å². The third kappa shape index (κ3) is 2.77. The molecule has 0 amide bonds. The van der Waals surface area contributed by atoms with Crippen molar-refractivity contribution in [2.75, 3.05) is 0 Å². The van der Waals surface area contributed by atoms with E-state index in [0.717, 1.165) is 50.3 Å². The molecule has 1 saturated carbocycles. The normalized spacial score (nSPS) is 23.9. The zero-order valence-corrected chi connectivity index (χ0v) is 10.6. The summed E-state index contributed by atoms with van der Waals surface area (Å²) in [7, 11) is 0. The predicted molar refractivity (Wildman–Crippen MR) is 66.4 cm³/mol. The van der Waals surface area contributed by atoms with Gasteiger partial charge >= 0.3 is 0 Å². The van der Waals surface area contributed by atoms with Gasteiger partial charge in [-0.2, -0.15) is 0 Å². The molecule has 3 heteroatoms. The van der Waals surface area contributed by atoms with E-state index in [9.17, 15) is 13.6 Å². The second kappa shape index (κ2) is 5.59. The molecule has 98 valence electrons. The first-order chi connectivity index (χ1) is 8.61. The summed E-state index contributed by atoms with van der Waals surface area (Å²) in [6.45, 7) is 2.15. The standard InChI is InChI=1S/C15H18F2O/c1-2-10-3-5-11(6-4-10)15(18)13-9-12(16)7-8-14(13)17/h7-11H,2-6H2,1H3. The van der Waals surface area contributed by atoms with Gasteiger partial charge in [-0.1, -0.05) is 13.3 Å².